The van der Waals surface area contributed by atoms with E-state index in [9.17, 15) is 13.5 Å². The molecule has 3 aromatic rings. The van der Waals surface area contributed by atoms with Crippen LogP contribution in [0.25, 0.3) is 21.6 Å². The van der Waals surface area contributed by atoms with Crippen molar-refractivity contribution in [3.63, 3.8) is 0 Å². The molecule has 22 heavy (non-hydrogen) atoms. The largest absolute Gasteiger partial charge is 0.507 e. The van der Waals surface area contributed by atoms with Crippen molar-refractivity contribution >= 4 is 21.2 Å². The first-order chi connectivity index (χ1) is 10.5. The van der Waals surface area contributed by atoms with E-state index in [0.717, 1.165) is 10.4 Å². The molecule has 5 heteroatoms. The summed E-state index contributed by atoms with van der Waals surface area (Å²) in [5, 5.41) is 12.0. The minimum absolute atomic E-state index is 0.183. The van der Waals surface area contributed by atoms with Gasteiger partial charge in [-0.2, -0.15) is 0 Å². The van der Waals surface area contributed by atoms with Gasteiger partial charge in [0.2, 0.25) is 0 Å². The Balaban J connectivity index is 2.26. The summed E-state index contributed by atoms with van der Waals surface area (Å²) in [5.41, 5.74) is 2.17. The summed E-state index contributed by atoms with van der Waals surface area (Å²) in [6, 6.07) is 15.9. The van der Waals surface area contributed by atoms with Crippen molar-refractivity contribution in [2.75, 3.05) is 6.26 Å². The molecule has 0 aliphatic heterocycles. The molecule has 0 aliphatic carbocycles. The average Bonchev–Trinajstić information content (AvgIpc) is 2.96. The molecule has 1 heterocycles. The van der Waals surface area contributed by atoms with Gasteiger partial charge in [-0.3, -0.25) is 0 Å². The van der Waals surface area contributed by atoms with Crippen LogP contribution in [0.15, 0.2) is 64.9 Å². The molecule has 0 aliphatic rings. The van der Waals surface area contributed by atoms with Gasteiger partial charge in [-0.25, -0.2) is 8.42 Å². The first-order valence-corrected chi connectivity index (χ1v) is 9.41. The first kappa shape index (κ1) is 14.8. The summed E-state index contributed by atoms with van der Waals surface area (Å²) >= 11 is 1.48. The molecule has 0 saturated heterocycles. The van der Waals surface area contributed by atoms with E-state index in [1.165, 1.54) is 17.6 Å². The smallest absolute Gasteiger partial charge is 0.176 e. The summed E-state index contributed by atoms with van der Waals surface area (Å²) in [4.78, 5) is 1.15. The Labute approximate surface area is 133 Å². The molecule has 0 fully saturated rings. The van der Waals surface area contributed by atoms with E-state index in [1.807, 2.05) is 29.6 Å². The fourth-order valence-corrected chi connectivity index (χ4v) is 4.26. The van der Waals surface area contributed by atoms with E-state index in [1.54, 1.807) is 30.3 Å². The van der Waals surface area contributed by atoms with Crippen molar-refractivity contribution < 1.29 is 13.5 Å². The topological polar surface area (TPSA) is 54.4 Å². The fourth-order valence-electron chi connectivity index (χ4n) is 2.41. The molecule has 3 nitrogen and oxygen atoms in total. The number of hydrogen-bond donors (Lipinski definition) is 1. The van der Waals surface area contributed by atoms with Crippen molar-refractivity contribution in [3.05, 3.63) is 60.0 Å². The molecule has 0 spiro atoms. The highest BCUT2D eigenvalue weighted by molar-refractivity contribution is 7.90. The van der Waals surface area contributed by atoms with Gasteiger partial charge in [0, 0.05) is 27.8 Å². The second-order valence-electron chi connectivity index (χ2n) is 4.95. The minimum Gasteiger partial charge on any atom is -0.507 e. The summed E-state index contributed by atoms with van der Waals surface area (Å²) in [6.45, 7) is 0. The fraction of sp³-hybridized carbons (Fsp3) is 0.0588. The first-order valence-electron chi connectivity index (χ1n) is 6.64. The van der Waals surface area contributed by atoms with E-state index in [4.69, 9.17) is 0 Å². The molecule has 1 aromatic heterocycles. The van der Waals surface area contributed by atoms with Crippen LogP contribution in [0.5, 0.6) is 5.75 Å². The number of hydrogen-bond acceptors (Lipinski definition) is 4. The zero-order valence-corrected chi connectivity index (χ0v) is 13.5. The van der Waals surface area contributed by atoms with Gasteiger partial charge in [0.15, 0.2) is 9.84 Å². The van der Waals surface area contributed by atoms with Crippen molar-refractivity contribution in [2.24, 2.45) is 0 Å². The molecule has 2 aromatic carbocycles. The maximum atomic E-state index is 12.0. The van der Waals surface area contributed by atoms with E-state index in [-0.39, 0.29) is 5.75 Å². The molecular formula is C17H14O3S2. The number of phenols is 1. The predicted molar refractivity (Wildman–Crippen MR) is 90.0 cm³/mol. The summed E-state index contributed by atoms with van der Waals surface area (Å²) < 4.78 is 24.0. The summed E-state index contributed by atoms with van der Waals surface area (Å²) in [5.74, 6) is 0.183. The average molecular weight is 330 g/mol. The third-order valence-electron chi connectivity index (χ3n) is 3.39. The van der Waals surface area contributed by atoms with Crippen LogP contribution in [0.3, 0.4) is 0 Å². The number of benzene rings is 2. The van der Waals surface area contributed by atoms with Gasteiger partial charge in [-0.15, -0.1) is 11.3 Å². The van der Waals surface area contributed by atoms with Crippen molar-refractivity contribution in [3.8, 4) is 27.3 Å². The normalized spacial score (nSPS) is 11.5. The lowest BCUT2D eigenvalue weighted by Gasteiger charge is -2.10. The van der Waals surface area contributed by atoms with Crippen molar-refractivity contribution in [1.29, 1.82) is 0 Å². The predicted octanol–water partition coefficient (Wildman–Crippen LogP) is 4.19. The van der Waals surface area contributed by atoms with Gasteiger partial charge in [0.25, 0.3) is 0 Å². The number of aromatic hydroxyl groups is 1. The Morgan fingerprint density at radius 1 is 0.864 bits per heavy atom. The molecule has 0 amide bonds. The maximum Gasteiger partial charge on any atom is 0.176 e. The van der Waals surface area contributed by atoms with E-state index in [0.29, 0.717) is 16.0 Å². The van der Waals surface area contributed by atoms with Crippen LogP contribution in [-0.4, -0.2) is 19.8 Å². The van der Waals surface area contributed by atoms with Crippen LogP contribution in [0.1, 0.15) is 0 Å². The number of rotatable bonds is 3. The summed E-state index contributed by atoms with van der Waals surface area (Å²) in [7, 11) is -3.33. The highest BCUT2D eigenvalue weighted by atomic mass is 32.2. The number of para-hydroxylation sites is 1. The molecule has 0 atom stereocenters. The van der Waals surface area contributed by atoms with Gasteiger partial charge in [-0.05, 0) is 29.6 Å². The standard InChI is InChI=1S/C17H14O3S2/c1-22(19,20)16-9-5-3-6-12(16)13-10-11-21-17(13)14-7-2-4-8-15(14)18/h2-11,18H,1H3. The maximum absolute atomic E-state index is 12.0. The molecule has 0 bridgehead atoms. The molecular weight excluding hydrogens is 316 g/mol. The molecule has 1 N–H and O–H groups in total. The van der Waals surface area contributed by atoms with Crippen LogP contribution in [0.4, 0.5) is 0 Å². The Morgan fingerprint density at radius 2 is 1.50 bits per heavy atom. The van der Waals surface area contributed by atoms with Gasteiger partial charge in [0.1, 0.15) is 5.75 Å². The minimum atomic E-state index is -3.33. The highest BCUT2D eigenvalue weighted by Gasteiger charge is 2.18. The van der Waals surface area contributed by atoms with Crippen molar-refractivity contribution in [2.45, 2.75) is 4.90 Å². The third kappa shape index (κ3) is 2.65. The summed E-state index contributed by atoms with van der Waals surface area (Å²) in [6.07, 6.45) is 1.21. The van der Waals surface area contributed by atoms with Gasteiger partial charge < -0.3 is 5.11 Å². The Kier molecular flexibility index (Phi) is 3.76. The zero-order valence-electron chi connectivity index (χ0n) is 11.9. The Morgan fingerprint density at radius 3 is 2.18 bits per heavy atom. The Hall–Kier alpha value is -2.11. The van der Waals surface area contributed by atoms with Crippen LogP contribution in [0.2, 0.25) is 0 Å². The number of phenolic OH excluding ortho intramolecular Hbond substituents is 1. The lowest BCUT2D eigenvalue weighted by molar-refractivity contribution is 0.477. The number of sulfone groups is 1. The zero-order chi connectivity index (χ0) is 15.7. The van der Waals surface area contributed by atoms with E-state index >= 15 is 0 Å². The van der Waals surface area contributed by atoms with Crippen LogP contribution in [-0.2, 0) is 9.84 Å². The monoisotopic (exact) mass is 330 g/mol. The second kappa shape index (κ2) is 5.59. The van der Waals surface area contributed by atoms with Crippen molar-refractivity contribution in [1.82, 2.24) is 0 Å². The third-order valence-corrected chi connectivity index (χ3v) is 5.49. The molecule has 0 unspecified atom stereocenters. The lowest BCUT2D eigenvalue weighted by atomic mass is 10.0. The lowest BCUT2D eigenvalue weighted by Crippen LogP contribution is -1.99. The van der Waals surface area contributed by atoms with Crippen LogP contribution >= 0.6 is 11.3 Å². The molecule has 112 valence electrons. The van der Waals surface area contributed by atoms with Gasteiger partial charge in [-0.1, -0.05) is 30.3 Å². The van der Waals surface area contributed by atoms with Gasteiger partial charge in [0.05, 0.1) is 4.90 Å². The van der Waals surface area contributed by atoms with Crippen LogP contribution in [0, 0.1) is 0 Å². The number of thiophene rings is 1. The van der Waals surface area contributed by atoms with E-state index < -0.39 is 9.84 Å². The van der Waals surface area contributed by atoms with E-state index in [2.05, 4.69) is 0 Å². The Bertz CT molecular complexity index is 924. The second-order valence-corrected chi connectivity index (χ2v) is 7.85. The quantitative estimate of drug-likeness (QED) is 0.783. The SMILES string of the molecule is CS(=O)(=O)c1ccccc1-c1ccsc1-c1ccccc1O. The molecule has 0 radical (unpaired) electrons. The van der Waals surface area contributed by atoms with Gasteiger partial charge >= 0.3 is 0 Å². The molecule has 3 rings (SSSR count). The van der Waals surface area contributed by atoms with Crippen LogP contribution < -0.4 is 0 Å². The highest BCUT2D eigenvalue weighted by Crippen LogP contribution is 2.42. The molecule has 0 saturated carbocycles.